The van der Waals surface area contributed by atoms with Crippen molar-refractivity contribution in [3.8, 4) is 0 Å². The van der Waals surface area contributed by atoms with Crippen molar-refractivity contribution in [3.05, 3.63) is 29.8 Å². The Hall–Kier alpha value is -1.40. The molecule has 0 aromatic heterocycles. The van der Waals surface area contributed by atoms with E-state index in [1.54, 1.807) is 18.2 Å². The largest absolute Gasteiger partial charge is 0.351 e. The van der Waals surface area contributed by atoms with Gasteiger partial charge in [0.15, 0.2) is 0 Å². The monoisotopic (exact) mass is 404 g/mol. The van der Waals surface area contributed by atoms with Gasteiger partial charge >= 0.3 is 0 Å². The number of nitrogens with one attached hydrogen (secondary N) is 2. The Bertz CT molecular complexity index is 814. The molecule has 4 aliphatic carbocycles. The van der Waals surface area contributed by atoms with Gasteiger partial charge in [-0.05, 0) is 93.2 Å². The summed E-state index contributed by atoms with van der Waals surface area (Å²) >= 11 is 0. The zero-order valence-corrected chi connectivity index (χ0v) is 17.7. The van der Waals surface area contributed by atoms with Gasteiger partial charge < -0.3 is 5.32 Å². The van der Waals surface area contributed by atoms with Crippen molar-refractivity contribution in [1.29, 1.82) is 0 Å². The van der Waals surface area contributed by atoms with Gasteiger partial charge in [-0.15, -0.1) is 0 Å². The van der Waals surface area contributed by atoms with Gasteiger partial charge in [-0.25, -0.2) is 13.1 Å². The summed E-state index contributed by atoms with van der Waals surface area (Å²) in [6.07, 6.45) is 8.60. The number of hydrogen-bond acceptors (Lipinski definition) is 3. The van der Waals surface area contributed by atoms with E-state index < -0.39 is 10.0 Å². The van der Waals surface area contributed by atoms with Crippen LogP contribution in [0.25, 0.3) is 0 Å². The van der Waals surface area contributed by atoms with Crippen LogP contribution in [0.15, 0.2) is 29.2 Å². The number of carbonyl (C=O) groups excluding carboxylic acids is 1. The Morgan fingerprint density at radius 3 is 2.32 bits per heavy atom. The Morgan fingerprint density at radius 1 is 1.14 bits per heavy atom. The smallest absolute Gasteiger partial charge is 0.251 e. The molecular formula is C22H32N2O3S. The SMILES string of the molecule is CC[C@H](C)NS(=O)(=O)c1cccc(C(=O)NCC23CC4CC(CC(C4)C2)C3)c1. The van der Waals surface area contributed by atoms with Crippen LogP contribution >= 0.6 is 0 Å². The summed E-state index contributed by atoms with van der Waals surface area (Å²) < 4.78 is 27.7. The van der Waals surface area contributed by atoms with E-state index in [9.17, 15) is 13.2 Å². The average molecular weight is 405 g/mol. The zero-order chi connectivity index (χ0) is 19.9. The van der Waals surface area contributed by atoms with E-state index in [2.05, 4.69) is 10.0 Å². The fourth-order valence-corrected chi connectivity index (χ4v) is 7.47. The molecule has 2 N–H and O–H groups in total. The molecule has 0 saturated heterocycles. The third-order valence-electron chi connectivity index (χ3n) is 7.16. The predicted molar refractivity (Wildman–Crippen MR) is 109 cm³/mol. The second-order valence-electron chi connectivity index (χ2n) is 9.56. The molecule has 28 heavy (non-hydrogen) atoms. The summed E-state index contributed by atoms with van der Waals surface area (Å²) in [4.78, 5) is 12.9. The molecule has 4 aliphatic rings. The highest BCUT2D eigenvalue weighted by atomic mass is 32.2. The van der Waals surface area contributed by atoms with Crippen LogP contribution in [0.1, 0.15) is 69.2 Å². The van der Waals surface area contributed by atoms with Crippen molar-refractivity contribution in [1.82, 2.24) is 10.0 Å². The number of benzene rings is 1. The van der Waals surface area contributed by atoms with E-state index >= 15 is 0 Å². The van der Waals surface area contributed by atoms with Crippen molar-refractivity contribution in [3.63, 3.8) is 0 Å². The van der Waals surface area contributed by atoms with Crippen LogP contribution in [0.4, 0.5) is 0 Å². The van der Waals surface area contributed by atoms with Crippen LogP contribution in [-0.2, 0) is 10.0 Å². The minimum atomic E-state index is -3.61. The summed E-state index contributed by atoms with van der Waals surface area (Å²) in [5.74, 6) is 2.38. The molecule has 5 rings (SSSR count). The third-order valence-corrected chi connectivity index (χ3v) is 8.75. The molecular weight excluding hydrogens is 372 g/mol. The number of amides is 1. The van der Waals surface area contributed by atoms with Gasteiger partial charge in [0, 0.05) is 18.2 Å². The highest BCUT2D eigenvalue weighted by Crippen LogP contribution is 2.59. The summed E-state index contributed by atoms with van der Waals surface area (Å²) in [5.41, 5.74) is 0.684. The predicted octanol–water partition coefficient (Wildman–Crippen LogP) is 3.71. The zero-order valence-electron chi connectivity index (χ0n) is 16.9. The lowest BCUT2D eigenvalue weighted by atomic mass is 9.49. The van der Waals surface area contributed by atoms with E-state index in [4.69, 9.17) is 0 Å². The molecule has 1 amide bonds. The minimum Gasteiger partial charge on any atom is -0.351 e. The van der Waals surface area contributed by atoms with Crippen molar-refractivity contribution in [2.24, 2.45) is 23.2 Å². The van der Waals surface area contributed by atoms with Crippen molar-refractivity contribution < 1.29 is 13.2 Å². The van der Waals surface area contributed by atoms with E-state index in [1.807, 2.05) is 13.8 Å². The standard InChI is InChI=1S/C22H32N2O3S/c1-3-15(2)24-28(26,27)20-6-4-5-19(10-20)21(25)23-14-22-11-16-7-17(12-22)9-18(8-16)13-22/h4-6,10,15-18,24H,3,7-9,11-14H2,1-2H3,(H,23,25)/t15-,16?,17?,18?,22?/m0/s1. The molecule has 0 unspecified atom stereocenters. The normalized spacial score (nSPS) is 32.3. The molecule has 0 spiro atoms. The van der Waals surface area contributed by atoms with Crippen molar-refractivity contribution in [2.45, 2.75) is 69.7 Å². The van der Waals surface area contributed by atoms with Gasteiger partial charge in [-0.2, -0.15) is 0 Å². The van der Waals surface area contributed by atoms with Gasteiger partial charge in [-0.3, -0.25) is 4.79 Å². The highest BCUT2D eigenvalue weighted by molar-refractivity contribution is 7.89. The number of hydrogen-bond donors (Lipinski definition) is 2. The van der Waals surface area contributed by atoms with E-state index in [-0.39, 0.29) is 22.3 Å². The van der Waals surface area contributed by atoms with E-state index in [1.165, 1.54) is 44.6 Å². The average Bonchev–Trinajstić information content (AvgIpc) is 2.65. The first-order chi connectivity index (χ1) is 13.3. The van der Waals surface area contributed by atoms with Crippen LogP contribution in [0, 0.1) is 23.2 Å². The van der Waals surface area contributed by atoms with Gasteiger partial charge in [0.05, 0.1) is 4.90 Å². The number of rotatable bonds is 7. The fourth-order valence-electron chi connectivity index (χ4n) is 6.10. The van der Waals surface area contributed by atoms with Crippen molar-refractivity contribution in [2.75, 3.05) is 6.54 Å². The molecule has 1 atom stereocenters. The molecule has 0 aliphatic heterocycles. The van der Waals surface area contributed by atoms with Gasteiger partial charge in [0.2, 0.25) is 10.0 Å². The molecule has 4 bridgehead atoms. The molecule has 4 saturated carbocycles. The molecule has 1 aromatic carbocycles. The minimum absolute atomic E-state index is 0.140. The van der Waals surface area contributed by atoms with E-state index in [0.717, 1.165) is 24.3 Å². The van der Waals surface area contributed by atoms with Crippen LogP contribution in [-0.4, -0.2) is 26.9 Å². The second-order valence-corrected chi connectivity index (χ2v) is 11.3. The first-order valence-corrected chi connectivity index (χ1v) is 12.2. The molecule has 0 heterocycles. The van der Waals surface area contributed by atoms with Crippen LogP contribution in [0.2, 0.25) is 0 Å². The van der Waals surface area contributed by atoms with Crippen molar-refractivity contribution >= 4 is 15.9 Å². The summed E-state index contributed by atoms with van der Waals surface area (Å²) in [7, 11) is -3.61. The lowest BCUT2D eigenvalue weighted by Gasteiger charge is -2.56. The fraction of sp³-hybridized carbons (Fsp3) is 0.682. The molecule has 4 fully saturated rings. The summed E-state index contributed by atoms with van der Waals surface area (Å²) in [6.45, 7) is 4.48. The molecule has 0 radical (unpaired) electrons. The topological polar surface area (TPSA) is 75.3 Å². The third kappa shape index (κ3) is 3.99. The second kappa shape index (κ2) is 7.45. The van der Waals surface area contributed by atoms with Crippen LogP contribution < -0.4 is 10.0 Å². The first-order valence-electron chi connectivity index (χ1n) is 10.7. The Labute approximate surface area is 168 Å². The molecule has 154 valence electrons. The highest BCUT2D eigenvalue weighted by Gasteiger charge is 2.50. The summed E-state index contributed by atoms with van der Waals surface area (Å²) in [5, 5.41) is 3.13. The lowest BCUT2D eigenvalue weighted by Crippen LogP contribution is -2.51. The maximum Gasteiger partial charge on any atom is 0.251 e. The Morgan fingerprint density at radius 2 is 1.75 bits per heavy atom. The van der Waals surface area contributed by atoms with Gasteiger partial charge in [-0.1, -0.05) is 13.0 Å². The quantitative estimate of drug-likeness (QED) is 0.727. The lowest BCUT2D eigenvalue weighted by molar-refractivity contribution is -0.0503. The van der Waals surface area contributed by atoms with Crippen LogP contribution in [0.5, 0.6) is 0 Å². The Balaban J connectivity index is 1.43. The Kier molecular flexibility index (Phi) is 5.29. The maximum atomic E-state index is 12.8. The van der Waals surface area contributed by atoms with E-state index in [0.29, 0.717) is 12.0 Å². The summed E-state index contributed by atoms with van der Waals surface area (Å²) in [6, 6.07) is 6.22. The number of carbonyl (C=O) groups is 1. The maximum absolute atomic E-state index is 12.8. The van der Waals surface area contributed by atoms with Gasteiger partial charge in [0.25, 0.3) is 5.91 Å². The molecule has 6 heteroatoms. The molecule has 1 aromatic rings. The van der Waals surface area contributed by atoms with Gasteiger partial charge in [0.1, 0.15) is 0 Å². The van der Waals surface area contributed by atoms with Crippen LogP contribution in [0.3, 0.4) is 0 Å². The first kappa shape index (κ1) is 19.9. The molecule has 5 nitrogen and oxygen atoms in total. The number of sulfonamides is 1.